The molecule has 1 amide bonds. The topological polar surface area (TPSA) is 55.1 Å². The van der Waals surface area contributed by atoms with Crippen LogP contribution in [0.25, 0.3) is 0 Å². The molecule has 1 heterocycles. The molecule has 0 atom stereocenters. The predicted molar refractivity (Wildman–Crippen MR) is 72.6 cm³/mol. The van der Waals surface area contributed by atoms with Crippen LogP contribution in [0.1, 0.15) is 21.5 Å². The molecule has 2 aromatic rings. The monoisotopic (exact) mass is 246 g/mol. The summed E-state index contributed by atoms with van der Waals surface area (Å²) < 4.78 is 0. The highest BCUT2D eigenvalue weighted by atomic mass is 32.1. The third kappa shape index (κ3) is 2.47. The van der Waals surface area contributed by atoms with Crippen molar-refractivity contribution in [3.63, 3.8) is 0 Å². The van der Waals surface area contributed by atoms with E-state index < -0.39 is 0 Å². The van der Waals surface area contributed by atoms with Crippen LogP contribution >= 0.6 is 11.3 Å². The molecule has 0 radical (unpaired) electrons. The second-order valence-corrected chi connectivity index (χ2v) is 4.77. The Bertz CT molecular complexity index is 547. The Morgan fingerprint density at radius 1 is 1.29 bits per heavy atom. The molecule has 2 rings (SSSR count). The zero-order valence-corrected chi connectivity index (χ0v) is 10.6. The first kappa shape index (κ1) is 11.7. The van der Waals surface area contributed by atoms with Crippen molar-refractivity contribution < 1.29 is 4.79 Å². The van der Waals surface area contributed by atoms with Crippen molar-refractivity contribution in [2.75, 3.05) is 11.1 Å². The fraction of sp³-hybridized carbons (Fsp3) is 0.154. The van der Waals surface area contributed by atoms with Crippen LogP contribution in [0, 0.1) is 13.8 Å². The van der Waals surface area contributed by atoms with E-state index in [4.69, 9.17) is 5.73 Å². The zero-order chi connectivity index (χ0) is 12.4. The number of hydrogen-bond donors (Lipinski definition) is 2. The molecule has 0 saturated carbocycles. The SMILES string of the molecule is Cc1cc(C)c(C(=O)Nc2ccsc2)cc1N. The van der Waals surface area contributed by atoms with Crippen LogP contribution in [0.4, 0.5) is 11.4 Å². The maximum atomic E-state index is 12.0. The number of aryl methyl sites for hydroxylation is 2. The normalized spacial score (nSPS) is 10.2. The number of nitrogens with one attached hydrogen (secondary N) is 1. The van der Waals surface area contributed by atoms with E-state index in [0.717, 1.165) is 16.8 Å². The summed E-state index contributed by atoms with van der Waals surface area (Å²) in [7, 11) is 0. The summed E-state index contributed by atoms with van der Waals surface area (Å²) in [5.74, 6) is -0.118. The van der Waals surface area contributed by atoms with Crippen molar-refractivity contribution in [2.45, 2.75) is 13.8 Å². The van der Waals surface area contributed by atoms with Crippen molar-refractivity contribution in [1.82, 2.24) is 0 Å². The number of carbonyl (C=O) groups excluding carboxylic acids is 1. The smallest absolute Gasteiger partial charge is 0.256 e. The quantitative estimate of drug-likeness (QED) is 0.799. The van der Waals surface area contributed by atoms with Crippen LogP contribution in [-0.4, -0.2) is 5.91 Å². The molecule has 1 aromatic carbocycles. The number of amides is 1. The van der Waals surface area contributed by atoms with Crippen molar-refractivity contribution in [1.29, 1.82) is 0 Å². The van der Waals surface area contributed by atoms with Crippen molar-refractivity contribution in [3.05, 3.63) is 45.6 Å². The van der Waals surface area contributed by atoms with Crippen LogP contribution in [0.5, 0.6) is 0 Å². The third-order valence-corrected chi connectivity index (χ3v) is 3.32. The Labute approximate surface area is 104 Å². The molecule has 3 N–H and O–H groups in total. The van der Waals surface area contributed by atoms with Gasteiger partial charge >= 0.3 is 0 Å². The summed E-state index contributed by atoms with van der Waals surface area (Å²) >= 11 is 1.55. The maximum absolute atomic E-state index is 12.0. The molecule has 0 spiro atoms. The Morgan fingerprint density at radius 2 is 2.06 bits per heavy atom. The average Bonchev–Trinajstić information content (AvgIpc) is 2.76. The summed E-state index contributed by atoms with van der Waals surface area (Å²) in [5.41, 5.74) is 9.84. The fourth-order valence-electron chi connectivity index (χ4n) is 1.65. The highest BCUT2D eigenvalue weighted by Gasteiger charge is 2.11. The molecule has 0 unspecified atom stereocenters. The van der Waals surface area contributed by atoms with Gasteiger partial charge in [0.15, 0.2) is 0 Å². The van der Waals surface area contributed by atoms with E-state index in [1.165, 1.54) is 0 Å². The van der Waals surface area contributed by atoms with Crippen LogP contribution < -0.4 is 11.1 Å². The van der Waals surface area contributed by atoms with Gasteiger partial charge in [0.2, 0.25) is 0 Å². The van der Waals surface area contributed by atoms with Gasteiger partial charge in [-0.05, 0) is 42.5 Å². The summed E-state index contributed by atoms with van der Waals surface area (Å²) in [6.45, 7) is 3.85. The highest BCUT2D eigenvalue weighted by Crippen LogP contribution is 2.20. The molecule has 17 heavy (non-hydrogen) atoms. The first-order valence-corrected chi connectivity index (χ1v) is 6.22. The second-order valence-electron chi connectivity index (χ2n) is 3.99. The first-order valence-electron chi connectivity index (χ1n) is 5.28. The van der Waals surface area contributed by atoms with E-state index in [9.17, 15) is 4.79 Å². The van der Waals surface area contributed by atoms with Gasteiger partial charge in [-0.3, -0.25) is 4.79 Å². The number of nitrogens with two attached hydrogens (primary N) is 1. The first-order chi connectivity index (χ1) is 8.08. The third-order valence-electron chi connectivity index (χ3n) is 2.64. The van der Waals surface area contributed by atoms with E-state index in [0.29, 0.717) is 11.3 Å². The Kier molecular flexibility index (Phi) is 3.15. The van der Waals surface area contributed by atoms with Gasteiger partial charge in [-0.25, -0.2) is 0 Å². The minimum absolute atomic E-state index is 0.118. The van der Waals surface area contributed by atoms with Gasteiger partial charge in [-0.1, -0.05) is 6.07 Å². The van der Waals surface area contributed by atoms with E-state index in [1.807, 2.05) is 36.7 Å². The molecule has 0 aliphatic heterocycles. The lowest BCUT2D eigenvalue weighted by atomic mass is 10.0. The summed E-state index contributed by atoms with van der Waals surface area (Å²) in [6, 6.07) is 5.53. The zero-order valence-electron chi connectivity index (χ0n) is 9.78. The minimum Gasteiger partial charge on any atom is -0.398 e. The summed E-state index contributed by atoms with van der Waals surface area (Å²) in [5, 5.41) is 6.66. The molecule has 3 nitrogen and oxygen atoms in total. The molecule has 0 bridgehead atoms. The standard InChI is InChI=1S/C13H14N2OS/c1-8-5-9(2)12(14)6-11(8)13(16)15-10-3-4-17-7-10/h3-7H,14H2,1-2H3,(H,15,16). The van der Waals surface area contributed by atoms with Gasteiger partial charge in [0.05, 0.1) is 5.69 Å². The molecule has 88 valence electrons. The van der Waals surface area contributed by atoms with Crippen molar-refractivity contribution >= 4 is 28.6 Å². The molecule has 4 heteroatoms. The van der Waals surface area contributed by atoms with Gasteiger partial charge in [0.1, 0.15) is 0 Å². The summed E-state index contributed by atoms with van der Waals surface area (Å²) in [4.78, 5) is 12.0. The minimum atomic E-state index is -0.118. The summed E-state index contributed by atoms with van der Waals surface area (Å²) in [6.07, 6.45) is 0. The number of benzene rings is 1. The second kappa shape index (κ2) is 4.59. The van der Waals surface area contributed by atoms with Crippen LogP contribution in [0.15, 0.2) is 29.0 Å². The number of carbonyl (C=O) groups is 1. The number of nitrogen functional groups attached to an aromatic ring is 1. The molecule has 1 aromatic heterocycles. The molecule has 0 aliphatic carbocycles. The van der Waals surface area contributed by atoms with E-state index >= 15 is 0 Å². The number of hydrogen-bond acceptors (Lipinski definition) is 3. The van der Waals surface area contributed by atoms with Gasteiger partial charge < -0.3 is 11.1 Å². The van der Waals surface area contributed by atoms with Gasteiger partial charge in [-0.2, -0.15) is 11.3 Å². The molecule has 0 aliphatic rings. The van der Waals surface area contributed by atoms with Crippen LogP contribution in [0.2, 0.25) is 0 Å². The van der Waals surface area contributed by atoms with E-state index in [1.54, 1.807) is 17.4 Å². The number of rotatable bonds is 2. The fourth-order valence-corrected chi connectivity index (χ4v) is 2.24. The molecular formula is C13H14N2OS. The number of anilines is 2. The van der Waals surface area contributed by atoms with Crippen LogP contribution in [0.3, 0.4) is 0 Å². The average molecular weight is 246 g/mol. The highest BCUT2D eigenvalue weighted by molar-refractivity contribution is 7.08. The van der Waals surface area contributed by atoms with Gasteiger partial charge in [0.25, 0.3) is 5.91 Å². The maximum Gasteiger partial charge on any atom is 0.256 e. The van der Waals surface area contributed by atoms with Crippen molar-refractivity contribution in [2.24, 2.45) is 0 Å². The Morgan fingerprint density at radius 3 is 2.71 bits per heavy atom. The largest absolute Gasteiger partial charge is 0.398 e. The number of thiophene rings is 1. The van der Waals surface area contributed by atoms with Crippen LogP contribution in [-0.2, 0) is 0 Å². The Balaban J connectivity index is 2.28. The van der Waals surface area contributed by atoms with Gasteiger partial charge in [0, 0.05) is 16.6 Å². The lowest BCUT2D eigenvalue weighted by Crippen LogP contribution is -2.13. The lowest BCUT2D eigenvalue weighted by Gasteiger charge is -2.09. The molecular weight excluding hydrogens is 232 g/mol. The van der Waals surface area contributed by atoms with E-state index in [2.05, 4.69) is 5.32 Å². The predicted octanol–water partition coefficient (Wildman–Crippen LogP) is 3.20. The van der Waals surface area contributed by atoms with Crippen molar-refractivity contribution in [3.8, 4) is 0 Å². The van der Waals surface area contributed by atoms with Gasteiger partial charge in [-0.15, -0.1) is 0 Å². The Hall–Kier alpha value is -1.81. The van der Waals surface area contributed by atoms with E-state index in [-0.39, 0.29) is 5.91 Å². The molecule has 0 fully saturated rings. The lowest BCUT2D eigenvalue weighted by molar-refractivity contribution is 0.102. The molecule has 0 saturated heterocycles.